The summed E-state index contributed by atoms with van der Waals surface area (Å²) in [4.78, 5) is 5.32. The third-order valence-electron chi connectivity index (χ3n) is 3.31. The minimum Gasteiger partial charge on any atom is -0.312 e. The molecule has 0 bridgehead atoms. The van der Waals surface area contributed by atoms with Crippen LogP contribution in [0.25, 0.3) is 0 Å². The predicted molar refractivity (Wildman–Crippen MR) is 91.4 cm³/mol. The highest BCUT2D eigenvalue weighted by Gasteiger charge is 2.08. The zero-order valence-corrected chi connectivity index (χ0v) is 14.4. The molecule has 0 spiro atoms. The predicted octanol–water partition coefficient (Wildman–Crippen LogP) is 4.20. The van der Waals surface area contributed by atoms with Crippen LogP contribution in [-0.4, -0.2) is 25.0 Å². The number of rotatable bonds is 10. The largest absolute Gasteiger partial charge is 0.312 e. The maximum absolute atomic E-state index is 3.78. The number of hydrogen-bond acceptors (Lipinski definition) is 3. The van der Waals surface area contributed by atoms with Crippen molar-refractivity contribution in [2.45, 2.75) is 46.7 Å². The van der Waals surface area contributed by atoms with Crippen molar-refractivity contribution in [3.63, 3.8) is 0 Å². The zero-order valence-electron chi connectivity index (χ0n) is 13.5. The summed E-state index contributed by atoms with van der Waals surface area (Å²) in [5, 5.41) is 3.52. The third kappa shape index (κ3) is 6.69. The molecule has 1 heterocycles. The molecule has 0 saturated heterocycles. The van der Waals surface area contributed by atoms with E-state index in [4.69, 9.17) is 0 Å². The summed E-state index contributed by atoms with van der Waals surface area (Å²) < 4.78 is 0. The Labute approximate surface area is 128 Å². The second-order valence-electron chi connectivity index (χ2n) is 5.99. The van der Waals surface area contributed by atoms with Gasteiger partial charge in [0.25, 0.3) is 0 Å². The monoisotopic (exact) mass is 294 g/mol. The Kier molecular flexibility index (Phi) is 8.12. The van der Waals surface area contributed by atoms with Crippen molar-refractivity contribution in [1.29, 1.82) is 0 Å². The quantitative estimate of drug-likeness (QED) is 0.514. The van der Waals surface area contributed by atoms with E-state index >= 15 is 0 Å². The van der Waals surface area contributed by atoms with Gasteiger partial charge in [-0.2, -0.15) is 0 Å². The van der Waals surface area contributed by atoms with Crippen LogP contribution in [0.5, 0.6) is 0 Å². The van der Waals surface area contributed by atoms with Gasteiger partial charge in [0.1, 0.15) is 0 Å². The Hall–Kier alpha value is -0.640. The minimum absolute atomic E-state index is 0.714. The van der Waals surface area contributed by atoms with Crippen LogP contribution in [0.15, 0.2) is 18.7 Å². The van der Waals surface area contributed by atoms with Gasteiger partial charge in [0.15, 0.2) is 0 Å². The van der Waals surface area contributed by atoms with Crippen molar-refractivity contribution < 1.29 is 0 Å². The fraction of sp³-hybridized carbons (Fsp3) is 0.647. The van der Waals surface area contributed by atoms with Gasteiger partial charge in [-0.15, -0.1) is 17.9 Å². The van der Waals surface area contributed by atoms with E-state index in [1.54, 1.807) is 0 Å². The molecule has 1 aromatic heterocycles. The molecule has 114 valence electrons. The lowest BCUT2D eigenvalue weighted by atomic mass is 10.2. The molecule has 0 aliphatic rings. The zero-order chi connectivity index (χ0) is 15.0. The smallest absolute Gasteiger partial charge is 0.0300 e. The molecule has 0 aromatic carbocycles. The van der Waals surface area contributed by atoms with Crippen LogP contribution in [0.3, 0.4) is 0 Å². The molecule has 0 saturated carbocycles. The number of nitrogens with one attached hydrogen (secondary N) is 1. The van der Waals surface area contributed by atoms with Gasteiger partial charge in [0.05, 0.1) is 0 Å². The lowest BCUT2D eigenvalue weighted by Crippen LogP contribution is -2.19. The van der Waals surface area contributed by atoms with Gasteiger partial charge in [-0.25, -0.2) is 0 Å². The lowest BCUT2D eigenvalue weighted by Gasteiger charge is -2.15. The Morgan fingerprint density at radius 2 is 2.20 bits per heavy atom. The summed E-state index contributed by atoms with van der Waals surface area (Å²) >= 11 is 1.93. The van der Waals surface area contributed by atoms with E-state index < -0.39 is 0 Å². The normalized spacial score (nSPS) is 11.5. The van der Waals surface area contributed by atoms with Crippen LogP contribution in [-0.2, 0) is 13.1 Å². The number of aryl methyl sites for hydroxylation is 1. The molecule has 2 nitrogen and oxygen atoms in total. The molecule has 0 aliphatic carbocycles. The molecule has 3 heteroatoms. The first-order valence-electron chi connectivity index (χ1n) is 7.61. The maximum atomic E-state index is 3.78. The average molecular weight is 295 g/mol. The highest BCUT2D eigenvalue weighted by atomic mass is 32.1. The topological polar surface area (TPSA) is 15.3 Å². The second-order valence-corrected chi connectivity index (χ2v) is 7.33. The van der Waals surface area contributed by atoms with E-state index in [1.807, 2.05) is 17.4 Å². The molecule has 0 fully saturated rings. The van der Waals surface area contributed by atoms with E-state index in [-0.39, 0.29) is 0 Å². The van der Waals surface area contributed by atoms with Crippen LogP contribution in [0.2, 0.25) is 0 Å². The Morgan fingerprint density at radius 1 is 1.45 bits per heavy atom. The molecule has 0 amide bonds. The summed E-state index contributed by atoms with van der Waals surface area (Å²) in [6.07, 6.45) is 4.31. The molecule has 0 aliphatic heterocycles. The van der Waals surface area contributed by atoms with Gasteiger partial charge >= 0.3 is 0 Å². The van der Waals surface area contributed by atoms with E-state index in [9.17, 15) is 0 Å². The van der Waals surface area contributed by atoms with Crippen molar-refractivity contribution >= 4 is 11.3 Å². The van der Waals surface area contributed by atoms with Crippen molar-refractivity contribution in [2.24, 2.45) is 5.92 Å². The van der Waals surface area contributed by atoms with Gasteiger partial charge in [0, 0.05) is 22.8 Å². The van der Waals surface area contributed by atoms with Crippen molar-refractivity contribution in [3.8, 4) is 0 Å². The van der Waals surface area contributed by atoms with E-state index in [0.29, 0.717) is 5.92 Å². The van der Waals surface area contributed by atoms with Gasteiger partial charge in [-0.3, -0.25) is 0 Å². The SMILES string of the molecule is C=CCCCN(C)Cc1cc(CNCC(C)C)sc1C. The fourth-order valence-corrected chi connectivity index (χ4v) is 3.21. The van der Waals surface area contributed by atoms with E-state index in [0.717, 1.165) is 32.6 Å². The van der Waals surface area contributed by atoms with Crippen LogP contribution >= 0.6 is 11.3 Å². The van der Waals surface area contributed by atoms with Crippen LogP contribution in [0, 0.1) is 12.8 Å². The van der Waals surface area contributed by atoms with Gasteiger partial charge in [-0.05, 0) is 57.5 Å². The van der Waals surface area contributed by atoms with Gasteiger partial charge in [-0.1, -0.05) is 19.9 Å². The summed E-state index contributed by atoms with van der Waals surface area (Å²) in [6, 6.07) is 2.37. The molecular formula is C17H30N2S. The molecule has 0 radical (unpaired) electrons. The summed E-state index contributed by atoms with van der Waals surface area (Å²) in [6.45, 7) is 14.8. The van der Waals surface area contributed by atoms with Crippen molar-refractivity contribution in [3.05, 3.63) is 34.0 Å². The Bertz CT molecular complexity index is 396. The standard InChI is InChI=1S/C17H30N2S/c1-6-7-8-9-19(5)13-16-10-17(20-15(16)4)12-18-11-14(2)3/h6,10,14,18H,1,7-9,11-13H2,2-5H3. The fourth-order valence-electron chi connectivity index (χ4n) is 2.19. The van der Waals surface area contributed by atoms with Crippen molar-refractivity contribution in [1.82, 2.24) is 10.2 Å². The number of unbranched alkanes of at least 4 members (excludes halogenated alkanes) is 1. The van der Waals surface area contributed by atoms with E-state index in [2.05, 4.69) is 50.7 Å². The van der Waals surface area contributed by atoms with Crippen LogP contribution in [0.1, 0.15) is 42.0 Å². The Morgan fingerprint density at radius 3 is 2.85 bits per heavy atom. The molecule has 0 atom stereocenters. The molecule has 1 aromatic rings. The number of allylic oxidation sites excluding steroid dienone is 1. The number of hydrogen-bond donors (Lipinski definition) is 1. The highest BCUT2D eigenvalue weighted by Crippen LogP contribution is 2.22. The second kappa shape index (κ2) is 9.32. The highest BCUT2D eigenvalue weighted by molar-refractivity contribution is 7.12. The maximum Gasteiger partial charge on any atom is 0.0300 e. The van der Waals surface area contributed by atoms with Gasteiger partial charge in [0.2, 0.25) is 0 Å². The first-order valence-corrected chi connectivity index (χ1v) is 8.43. The van der Waals surface area contributed by atoms with Crippen LogP contribution in [0.4, 0.5) is 0 Å². The summed E-state index contributed by atoms with van der Waals surface area (Å²) in [5.41, 5.74) is 1.48. The average Bonchev–Trinajstić information content (AvgIpc) is 2.70. The molecule has 1 N–H and O–H groups in total. The summed E-state index contributed by atoms with van der Waals surface area (Å²) in [7, 11) is 2.21. The molecule has 1 rings (SSSR count). The van der Waals surface area contributed by atoms with Crippen molar-refractivity contribution in [2.75, 3.05) is 20.1 Å². The number of nitrogens with zero attached hydrogens (tertiary/aromatic N) is 1. The van der Waals surface area contributed by atoms with Crippen LogP contribution < -0.4 is 5.32 Å². The lowest BCUT2D eigenvalue weighted by molar-refractivity contribution is 0.323. The minimum atomic E-state index is 0.714. The first kappa shape index (κ1) is 17.4. The summed E-state index contributed by atoms with van der Waals surface area (Å²) in [5.74, 6) is 0.714. The number of thiophene rings is 1. The Balaban J connectivity index is 2.42. The third-order valence-corrected chi connectivity index (χ3v) is 4.40. The first-order chi connectivity index (χ1) is 9.52. The molecule has 0 unspecified atom stereocenters. The van der Waals surface area contributed by atoms with Gasteiger partial charge < -0.3 is 10.2 Å². The molecule has 20 heavy (non-hydrogen) atoms. The molecular weight excluding hydrogens is 264 g/mol. The van der Waals surface area contributed by atoms with E-state index in [1.165, 1.54) is 21.7 Å².